The van der Waals surface area contributed by atoms with E-state index < -0.39 is 29.6 Å². The number of thiophene rings is 1. The maximum Gasteiger partial charge on any atom is 0.416 e. The van der Waals surface area contributed by atoms with E-state index >= 15 is 0 Å². The van der Waals surface area contributed by atoms with Gasteiger partial charge in [-0.3, -0.25) is 9.59 Å². The largest absolute Gasteiger partial charge is 0.416 e. The summed E-state index contributed by atoms with van der Waals surface area (Å²) in [6.45, 7) is -0.228. The zero-order chi connectivity index (χ0) is 22.4. The van der Waals surface area contributed by atoms with E-state index in [1.54, 1.807) is 17.5 Å². The molecule has 0 saturated carbocycles. The van der Waals surface area contributed by atoms with Crippen molar-refractivity contribution in [1.29, 1.82) is 0 Å². The standard InChI is InChI=1S/C23H21F3N2O2S/c1-28(15-17-10-5-6-11-18(17)23(24,25)26)22(30)19(14-16-8-3-2-4-9-16)27-21(29)20-12-7-13-31-20/h2-13,19H,14-15H2,1H3,(H,27,29)/t19-/m1/s1. The number of nitrogens with zero attached hydrogens (tertiary/aromatic N) is 1. The zero-order valence-electron chi connectivity index (χ0n) is 16.7. The molecule has 4 nitrogen and oxygen atoms in total. The van der Waals surface area contributed by atoms with Gasteiger partial charge in [0, 0.05) is 20.0 Å². The van der Waals surface area contributed by atoms with Gasteiger partial charge in [-0.2, -0.15) is 13.2 Å². The number of halogens is 3. The number of hydrogen-bond donors (Lipinski definition) is 1. The van der Waals surface area contributed by atoms with Crippen LogP contribution >= 0.6 is 11.3 Å². The Kier molecular flexibility index (Phi) is 7.12. The van der Waals surface area contributed by atoms with Gasteiger partial charge >= 0.3 is 6.18 Å². The summed E-state index contributed by atoms with van der Waals surface area (Å²) in [4.78, 5) is 27.4. The summed E-state index contributed by atoms with van der Waals surface area (Å²) in [6, 6.07) is 16.8. The molecule has 31 heavy (non-hydrogen) atoms. The molecular weight excluding hydrogens is 425 g/mol. The fourth-order valence-corrected chi connectivity index (χ4v) is 3.85. The number of alkyl halides is 3. The van der Waals surface area contributed by atoms with Crippen LogP contribution in [0, 0.1) is 0 Å². The van der Waals surface area contributed by atoms with E-state index in [-0.39, 0.29) is 18.5 Å². The fourth-order valence-electron chi connectivity index (χ4n) is 3.22. The van der Waals surface area contributed by atoms with Gasteiger partial charge in [-0.1, -0.05) is 54.6 Å². The van der Waals surface area contributed by atoms with Crippen molar-refractivity contribution in [3.8, 4) is 0 Å². The highest BCUT2D eigenvalue weighted by atomic mass is 32.1. The number of carbonyl (C=O) groups excluding carboxylic acids is 2. The van der Waals surface area contributed by atoms with Crippen LogP contribution in [0.25, 0.3) is 0 Å². The molecule has 1 N–H and O–H groups in total. The maximum atomic E-state index is 13.3. The van der Waals surface area contributed by atoms with Crippen molar-refractivity contribution >= 4 is 23.2 Å². The van der Waals surface area contributed by atoms with E-state index in [2.05, 4.69) is 5.32 Å². The second-order valence-electron chi connectivity index (χ2n) is 7.04. The van der Waals surface area contributed by atoms with Crippen LogP contribution in [-0.2, 0) is 23.9 Å². The first-order valence-corrected chi connectivity index (χ1v) is 10.4. The number of hydrogen-bond acceptors (Lipinski definition) is 3. The lowest BCUT2D eigenvalue weighted by Gasteiger charge is -2.26. The van der Waals surface area contributed by atoms with Gasteiger partial charge in [0.25, 0.3) is 5.91 Å². The first-order chi connectivity index (χ1) is 14.8. The van der Waals surface area contributed by atoms with Crippen molar-refractivity contribution in [2.24, 2.45) is 0 Å². The molecule has 3 rings (SSSR count). The molecule has 0 spiro atoms. The highest BCUT2D eigenvalue weighted by Gasteiger charge is 2.34. The molecule has 0 bridgehead atoms. The first-order valence-electron chi connectivity index (χ1n) is 9.54. The van der Waals surface area contributed by atoms with Gasteiger partial charge in [-0.05, 0) is 28.6 Å². The Morgan fingerprint density at radius 3 is 2.32 bits per heavy atom. The third-order valence-electron chi connectivity index (χ3n) is 4.74. The van der Waals surface area contributed by atoms with Crippen molar-refractivity contribution in [3.63, 3.8) is 0 Å². The molecule has 8 heteroatoms. The van der Waals surface area contributed by atoms with Gasteiger partial charge < -0.3 is 10.2 Å². The van der Waals surface area contributed by atoms with Crippen molar-refractivity contribution < 1.29 is 22.8 Å². The van der Waals surface area contributed by atoms with E-state index in [9.17, 15) is 22.8 Å². The molecule has 0 fully saturated rings. The molecule has 1 aromatic heterocycles. The number of rotatable bonds is 7. The average molecular weight is 446 g/mol. The van der Waals surface area contributed by atoms with Gasteiger partial charge in [0.05, 0.1) is 10.4 Å². The Labute approximate surface area is 182 Å². The summed E-state index contributed by atoms with van der Waals surface area (Å²) in [5.74, 6) is -0.862. The Bertz CT molecular complexity index is 1020. The first kappa shape index (κ1) is 22.6. The van der Waals surface area contributed by atoms with E-state index in [0.29, 0.717) is 4.88 Å². The molecule has 0 radical (unpaired) electrons. The summed E-state index contributed by atoms with van der Waals surface area (Å²) in [6.07, 6.45) is -4.29. The van der Waals surface area contributed by atoms with Crippen LogP contribution in [0.4, 0.5) is 13.2 Å². The van der Waals surface area contributed by atoms with E-state index in [1.165, 1.54) is 41.5 Å². The van der Waals surface area contributed by atoms with Gasteiger partial charge in [0.1, 0.15) is 6.04 Å². The molecule has 0 aliphatic rings. The Morgan fingerprint density at radius 1 is 1.00 bits per heavy atom. The average Bonchev–Trinajstić information content (AvgIpc) is 3.28. The lowest BCUT2D eigenvalue weighted by molar-refractivity contribution is -0.139. The molecule has 1 heterocycles. The minimum absolute atomic E-state index is 0.00565. The molecule has 1 atom stereocenters. The minimum atomic E-state index is -4.52. The van der Waals surface area contributed by atoms with Crippen LogP contribution in [-0.4, -0.2) is 29.8 Å². The van der Waals surface area contributed by atoms with Crippen molar-refractivity contribution in [2.45, 2.75) is 25.2 Å². The summed E-state index contributed by atoms with van der Waals surface area (Å²) in [7, 11) is 1.44. The van der Waals surface area contributed by atoms with E-state index in [4.69, 9.17) is 0 Å². The number of amides is 2. The molecule has 2 aromatic carbocycles. The third kappa shape index (κ3) is 5.95. The number of likely N-dealkylation sites (N-methyl/N-ethyl adjacent to an activating group) is 1. The molecule has 0 saturated heterocycles. The van der Waals surface area contributed by atoms with Gasteiger partial charge in [-0.15, -0.1) is 11.3 Å². The van der Waals surface area contributed by atoms with Crippen molar-refractivity contribution in [2.75, 3.05) is 7.05 Å². The van der Waals surface area contributed by atoms with Crippen LogP contribution in [0.3, 0.4) is 0 Å². The van der Waals surface area contributed by atoms with E-state index in [0.717, 1.165) is 11.6 Å². The van der Waals surface area contributed by atoms with Gasteiger partial charge in [-0.25, -0.2) is 0 Å². The van der Waals surface area contributed by atoms with Crippen molar-refractivity contribution in [1.82, 2.24) is 10.2 Å². The second kappa shape index (κ2) is 9.78. The lowest BCUT2D eigenvalue weighted by Crippen LogP contribution is -2.48. The molecule has 0 aliphatic carbocycles. The minimum Gasteiger partial charge on any atom is -0.340 e. The molecule has 0 aliphatic heterocycles. The lowest BCUT2D eigenvalue weighted by atomic mass is 10.0. The van der Waals surface area contributed by atoms with Gasteiger partial charge in [0.15, 0.2) is 0 Å². The third-order valence-corrected chi connectivity index (χ3v) is 5.61. The summed E-state index contributed by atoms with van der Waals surface area (Å²) >= 11 is 1.24. The number of carbonyl (C=O) groups is 2. The highest BCUT2D eigenvalue weighted by Crippen LogP contribution is 2.32. The van der Waals surface area contributed by atoms with Crippen LogP contribution in [0.2, 0.25) is 0 Å². The summed E-state index contributed by atoms with van der Waals surface area (Å²) < 4.78 is 39.9. The Hall–Kier alpha value is -3.13. The molecule has 162 valence electrons. The second-order valence-corrected chi connectivity index (χ2v) is 7.99. The predicted octanol–water partition coefficient (Wildman–Crippen LogP) is 4.77. The monoisotopic (exact) mass is 446 g/mol. The number of benzene rings is 2. The van der Waals surface area contributed by atoms with Crippen LogP contribution < -0.4 is 5.32 Å². The predicted molar refractivity (Wildman–Crippen MR) is 114 cm³/mol. The Balaban J connectivity index is 1.81. The molecular formula is C23H21F3N2O2S. The van der Waals surface area contributed by atoms with Crippen molar-refractivity contribution in [3.05, 3.63) is 93.7 Å². The summed E-state index contributed by atoms with van der Waals surface area (Å²) in [5, 5.41) is 4.49. The number of nitrogens with one attached hydrogen (secondary N) is 1. The summed E-state index contributed by atoms with van der Waals surface area (Å²) in [5.41, 5.74) is 0.0437. The topological polar surface area (TPSA) is 49.4 Å². The fraction of sp³-hybridized carbons (Fsp3) is 0.217. The molecule has 2 amide bonds. The van der Waals surface area contributed by atoms with Crippen LogP contribution in [0.1, 0.15) is 26.4 Å². The zero-order valence-corrected chi connectivity index (χ0v) is 17.5. The SMILES string of the molecule is CN(Cc1ccccc1C(F)(F)F)C(=O)[C@@H](Cc1ccccc1)NC(=O)c1cccs1. The highest BCUT2D eigenvalue weighted by molar-refractivity contribution is 7.12. The quantitative estimate of drug-likeness (QED) is 0.569. The molecule has 0 unspecified atom stereocenters. The normalized spacial score (nSPS) is 12.3. The van der Waals surface area contributed by atoms with E-state index in [1.807, 2.05) is 30.3 Å². The smallest absolute Gasteiger partial charge is 0.340 e. The maximum absolute atomic E-state index is 13.3. The van der Waals surface area contributed by atoms with Crippen LogP contribution in [0.5, 0.6) is 0 Å². The van der Waals surface area contributed by atoms with Gasteiger partial charge in [0.2, 0.25) is 5.91 Å². The molecule has 3 aromatic rings. The Morgan fingerprint density at radius 2 is 1.68 bits per heavy atom. The van der Waals surface area contributed by atoms with Crippen LogP contribution in [0.15, 0.2) is 72.1 Å².